The van der Waals surface area contributed by atoms with Crippen molar-refractivity contribution in [1.82, 2.24) is 5.32 Å². The second-order valence-electron chi connectivity index (χ2n) is 8.86. The molecule has 1 aliphatic heterocycles. The van der Waals surface area contributed by atoms with Crippen LogP contribution >= 0.6 is 0 Å². The summed E-state index contributed by atoms with van der Waals surface area (Å²) in [6.45, 7) is 3.55. The van der Waals surface area contributed by atoms with Gasteiger partial charge in [-0.2, -0.15) is 0 Å². The molecule has 202 valence electrons. The summed E-state index contributed by atoms with van der Waals surface area (Å²) in [5, 5.41) is 6.95. The zero-order valence-electron chi connectivity index (χ0n) is 22.4. The maximum absolute atomic E-state index is 11.8. The van der Waals surface area contributed by atoms with Crippen LogP contribution in [0.3, 0.4) is 0 Å². The Morgan fingerprint density at radius 1 is 1.03 bits per heavy atom. The molecule has 5 rings (SSSR count). The Balaban J connectivity index is 0.000000183. The number of benzene rings is 3. The molecule has 2 N–H and O–H groups in total. The maximum Gasteiger partial charge on any atom is 0.359 e. The SMILES string of the molecule is CNc1cc2ccc(OC3C=CCNC3)c(C)c2oc1=O.COc1cccc(-c2cc(C=O)ccc2OC)c1. The van der Waals surface area contributed by atoms with Crippen LogP contribution in [0.4, 0.5) is 5.69 Å². The van der Waals surface area contributed by atoms with Crippen molar-refractivity contribution in [3.8, 4) is 28.4 Å². The predicted octanol–water partition coefficient (Wildman–Crippen LogP) is 5.23. The van der Waals surface area contributed by atoms with E-state index < -0.39 is 0 Å². The maximum atomic E-state index is 11.8. The summed E-state index contributed by atoms with van der Waals surface area (Å²) < 4.78 is 21.9. The van der Waals surface area contributed by atoms with Crippen molar-refractivity contribution in [2.24, 2.45) is 0 Å². The fraction of sp³-hybridized carbons (Fsp3) is 0.226. The molecule has 2 heterocycles. The van der Waals surface area contributed by atoms with E-state index in [4.69, 9.17) is 18.6 Å². The molecule has 8 heteroatoms. The Morgan fingerprint density at radius 3 is 2.54 bits per heavy atom. The van der Waals surface area contributed by atoms with Gasteiger partial charge in [0.2, 0.25) is 0 Å². The van der Waals surface area contributed by atoms with E-state index in [2.05, 4.69) is 10.6 Å². The molecule has 1 aliphatic rings. The number of rotatable bonds is 7. The summed E-state index contributed by atoms with van der Waals surface area (Å²) in [6, 6.07) is 18.6. The highest BCUT2D eigenvalue weighted by Gasteiger charge is 2.14. The summed E-state index contributed by atoms with van der Waals surface area (Å²) >= 11 is 0. The Bertz CT molecular complexity index is 1540. The van der Waals surface area contributed by atoms with Gasteiger partial charge in [0, 0.05) is 42.2 Å². The molecule has 39 heavy (non-hydrogen) atoms. The minimum atomic E-state index is -0.371. The number of aldehydes is 1. The van der Waals surface area contributed by atoms with Crippen LogP contribution in [-0.4, -0.2) is 46.7 Å². The number of carbonyl (C=O) groups is 1. The van der Waals surface area contributed by atoms with E-state index in [1.165, 1.54) is 0 Å². The molecule has 0 bridgehead atoms. The number of fused-ring (bicyclic) bond motifs is 1. The third kappa shape index (κ3) is 6.48. The smallest absolute Gasteiger partial charge is 0.359 e. The first-order valence-electron chi connectivity index (χ1n) is 12.5. The van der Waals surface area contributed by atoms with Crippen LogP contribution < -0.4 is 30.5 Å². The van der Waals surface area contributed by atoms with Crippen LogP contribution in [0.25, 0.3) is 22.1 Å². The quantitative estimate of drug-likeness (QED) is 0.191. The summed E-state index contributed by atoms with van der Waals surface area (Å²) in [5.74, 6) is 2.24. The number of anilines is 1. The Kier molecular flexibility index (Phi) is 9.01. The molecular formula is C31H32N2O6. The van der Waals surface area contributed by atoms with Gasteiger partial charge in [-0.3, -0.25) is 4.79 Å². The van der Waals surface area contributed by atoms with Crippen molar-refractivity contribution in [2.75, 3.05) is 39.7 Å². The van der Waals surface area contributed by atoms with Gasteiger partial charge in [-0.25, -0.2) is 4.79 Å². The fourth-order valence-corrected chi connectivity index (χ4v) is 4.26. The molecule has 0 saturated heterocycles. The number of aryl methyl sites for hydroxylation is 1. The predicted molar refractivity (Wildman–Crippen MR) is 154 cm³/mol. The van der Waals surface area contributed by atoms with Gasteiger partial charge < -0.3 is 29.3 Å². The monoisotopic (exact) mass is 528 g/mol. The molecule has 0 fully saturated rings. The van der Waals surface area contributed by atoms with Crippen molar-refractivity contribution in [3.05, 3.63) is 94.4 Å². The molecule has 1 unspecified atom stereocenters. The normalized spacial score (nSPS) is 14.2. The van der Waals surface area contributed by atoms with E-state index >= 15 is 0 Å². The highest BCUT2D eigenvalue weighted by Crippen LogP contribution is 2.32. The van der Waals surface area contributed by atoms with Crippen LogP contribution in [0.2, 0.25) is 0 Å². The number of nitrogens with one attached hydrogen (secondary N) is 2. The number of ether oxygens (including phenoxy) is 3. The second-order valence-corrected chi connectivity index (χ2v) is 8.86. The molecule has 0 spiro atoms. The van der Waals surface area contributed by atoms with E-state index in [0.29, 0.717) is 16.8 Å². The van der Waals surface area contributed by atoms with Crippen molar-refractivity contribution >= 4 is 22.9 Å². The molecule has 0 saturated carbocycles. The summed E-state index contributed by atoms with van der Waals surface area (Å²) in [4.78, 5) is 22.7. The topological polar surface area (TPSA) is 99.0 Å². The lowest BCUT2D eigenvalue weighted by atomic mass is 10.0. The van der Waals surface area contributed by atoms with Gasteiger partial charge in [0.1, 0.15) is 40.9 Å². The summed E-state index contributed by atoms with van der Waals surface area (Å²) in [7, 11) is 4.93. The lowest BCUT2D eigenvalue weighted by Crippen LogP contribution is -2.33. The largest absolute Gasteiger partial charge is 0.497 e. The Labute approximate surface area is 227 Å². The summed E-state index contributed by atoms with van der Waals surface area (Å²) in [5.41, 5.74) is 3.94. The molecule has 1 atom stereocenters. The third-order valence-electron chi connectivity index (χ3n) is 6.35. The molecule has 1 aromatic heterocycles. The van der Waals surface area contributed by atoms with E-state index in [1.807, 2.05) is 55.5 Å². The first-order valence-corrected chi connectivity index (χ1v) is 12.5. The van der Waals surface area contributed by atoms with Crippen molar-refractivity contribution in [1.29, 1.82) is 0 Å². The Hall–Kier alpha value is -4.56. The van der Waals surface area contributed by atoms with Crippen LogP contribution in [0.1, 0.15) is 15.9 Å². The van der Waals surface area contributed by atoms with Crippen molar-refractivity contribution in [3.63, 3.8) is 0 Å². The van der Waals surface area contributed by atoms with Gasteiger partial charge in [0.25, 0.3) is 0 Å². The number of methoxy groups -OCH3 is 2. The van der Waals surface area contributed by atoms with E-state index in [0.717, 1.165) is 58.7 Å². The average molecular weight is 529 g/mol. The summed E-state index contributed by atoms with van der Waals surface area (Å²) in [6.07, 6.45) is 4.91. The van der Waals surface area contributed by atoms with E-state index in [1.54, 1.807) is 45.5 Å². The molecule has 0 amide bonds. The molecule has 4 aromatic rings. The molecule has 3 aromatic carbocycles. The highest BCUT2D eigenvalue weighted by molar-refractivity contribution is 5.84. The van der Waals surface area contributed by atoms with Gasteiger partial charge in [-0.15, -0.1) is 0 Å². The lowest BCUT2D eigenvalue weighted by Gasteiger charge is -2.20. The van der Waals surface area contributed by atoms with Crippen molar-refractivity contribution < 1.29 is 23.4 Å². The first-order chi connectivity index (χ1) is 19.0. The van der Waals surface area contributed by atoms with E-state index in [9.17, 15) is 9.59 Å². The van der Waals surface area contributed by atoms with Crippen molar-refractivity contribution in [2.45, 2.75) is 13.0 Å². The first kappa shape index (κ1) is 27.5. The van der Waals surface area contributed by atoms with Crippen LogP contribution in [0.5, 0.6) is 17.2 Å². The standard InChI is InChI=1S/C16H18N2O3.C15H14O3/c1-10-14(20-12-4-3-7-18-9-12)6-5-11-8-13(17-2)16(19)21-15(10)11;1-17-13-5-3-4-12(9-13)14-8-11(10-16)6-7-15(14)18-2/h3-6,8,12,17-18H,7,9H2,1-2H3;3-10H,1-2H3. The Morgan fingerprint density at radius 2 is 1.85 bits per heavy atom. The van der Waals surface area contributed by atoms with Crippen LogP contribution in [0, 0.1) is 6.92 Å². The molecular weight excluding hydrogens is 496 g/mol. The molecule has 0 aliphatic carbocycles. The van der Waals surface area contributed by atoms with Crippen LogP contribution in [0.15, 0.2) is 82.0 Å². The molecule has 8 nitrogen and oxygen atoms in total. The van der Waals surface area contributed by atoms with Gasteiger partial charge in [-0.1, -0.05) is 18.2 Å². The zero-order valence-corrected chi connectivity index (χ0v) is 22.4. The van der Waals surface area contributed by atoms with Crippen LogP contribution in [-0.2, 0) is 0 Å². The third-order valence-corrected chi connectivity index (χ3v) is 6.35. The number of hydrogen-bond donors (Lipinski definition) is 2. The highest BCUT2D eigenvalue weighted by atomic mass is 16.5. The van der Waals surface area contributed by atoms with Gasteiger partial charge in [0.05, 0.1) is 14.2 Å². The average Bonchev–Trinajstić information content (AvgIpc) is 2.99. The number of carbonyl (C=O) groups excluding carboxylic acids is 1. The lowest BCUT2D eigenvalue weighted by molar-refractivity contribution is 0.112. The zero-order chi connectivity index (χ0) is 27.8. The van der Waals surface area contributed by atoms with E-state index in [-0.39, 0.29) is 11.7 Å². The van der Waals surface area contributed by atoms with Gasteiger partial charge in [0.15, 0.2) is 0 Å². The van der Waals surface area contributed by atoms with Gasteiger partial charge >= 0.3 is 5.63 Å². The number of hydrogen-bond acceptors (Lipinski definition) is 8. The molecule has 0 radical (unpaired) electrons. The minimum absolute atomic E-state index is 0.00166. The second kappa shape index (κ2) is 12.8. The van der Waals surface area contributed by atoms with Gasteiger partial charge in [-0.05, 0) is 67.1 Å². The fourth-order valence-electron chi connectivity index (χ4n) is 4.26. The minimum Gasteiger partial charge on any atom is -0.497 e.